The first-order valence-electron chi connectivity index (χ1n) is 12.7. The Morgan fingerprint density at radius 2 is 1.57 bits per heavy atom. The molecule has 5 rings (SSSR count). The highest BCUT2D eigenvalue weighted by atomic mass is 32.2. The minimum absolute atomic E-state index is 0.277. The lowest BCUT2D eigenvalue weighted by Crippen LogP contribution is -2.48. The topological polar surface area (TPSA) is 61.7 Å². The van der Waals surface area contributed by atoms with Gasteiger partial charge in [-0.25, -0.2) is 12.7 Å². The summed E-state index contributed by atoms with van der Waals surface area (Å²) in [6, 6.07) is 20.6. The molecule has 0 aliphatic carbocycles. The van der Waals surface area contributed by atoms with Crippen LogP contribution >= 0.6 is 0 Å². The van der Waals surface area contributed by atoms with E-state index in [0.29, 0.717) is 6.04 Å². The van der Waals surface area contributed by atoms with E-state index in [1.54, 1.807) is 32.3 Å². The molecule has 8 heteroatoms. The van der Waals surface area contributed by atoms with Crippen LogP contribution in [0, 0.1) is 0 Å². The van der Waals surface area contributed by atoms with Crippen molar-refractivity contribution in [2.24, 2.45) is 7.05 Å². The number of piperazine rings is 1. The fourth-order valence-corrected chi connectivity index (χ4v) is 5.97. The highest BCUT2D eigenvalue weighted by molar-refractivity contribution is 7.89. The van der Waals surface area contributed by atoms with Gasteiger partial charge in [0.15, 0.2) is 0 Å². The number of fused-ring (bicyclic) bond motifs is 1. The van der Waals surface area contributed by atoms with E-state index in [2.05, 4.69) is 58.5 Å². The van der Waals surface area contributed by atoms with Crippen molar-refractivity contribution in [3.8, 4) is 22.4 Å². The molecular formula is C29H35N5O2S. The predicted molar refractivity (Wildman–Crippen MR) is 151 cm³/mol. The Balaban J connectivity index is 1.41. The van der Waals surface area contributed by atoms with E-state index >= 15 is 0 Å². The summed E-state index contributed by atoms with van der Waals surface area (Å²) in [5.74, 6) is 0. The summed E-state index contributed by atoms with van der Waals surface area (Å²) in [5.41, 5.74) is 7.08. The van der Waals surface area contributed by atoms with Gasteiger partial charge in [-0.1, -0.05) is 24.3 Å². The van der Waals surface area contributed by atoms with Crippen LogP contribution in [0.15, 0.2) is 71.8 Å². The van der Waals surface area contributed by atoms with Crippen LogP contribution < -0.4 is 4.90 Å². The Hall–Kier alpha value is -3.20. The second-order valence-electron chi connectivity index (χ2n) is 10.2. The first-order valence-corrected chi connectivity index (χ1v) is 14.2. The maximum atomic E-state index is 12.6. The van der Waals surface area contributed by atoms with Gasteiger partial charge in [0.05, 0.1) is 21.6 Å². The zero-order chi connectivity index (χ0) is 26.3. The summed E-state index contributed by atoms with van der Waals surface area (Å²) >= 11 is 0. The standard InChI is InChI=1S/C29H35N5O2S/c1-21(2)33-13-15-34(16-14-33)25-11-9-22(10-12-25)24-18-29-27(30-20-24)19-28(32(29)5)23-7-6-8-26(17-23)37(35,36)31(3)4/h6-12,17-21H,13-16H2,1-5H3. The van der Waals surface area contributed by atoms with E-state index in [1.807, 2.05) is 25.4 Å². The Bertz CT molecular complexity index is 1520. The summed E-state index contributed by atoms with van der Waals surface area (Å²) in [6.45, 7) is 8.82. The second kappa shape index (κ2) is 9.93. The maximum absolute atomic E-state index is 12.6. The number of rotatable bonds is 6. The van der Waals surface area contributed by atoms with Gasteiger partial charge in [0.2, 0.25) is 10.0 Å². The molecule has 2 aromatic heterocycles. The van der Waals surface area contributed by atoms with E-state index < -0.39 is 10.0 Å². The summed E-state index contributed by atoms with van der Waals surface area (Å²) in [5, 5.41) is 0. The molecule has 7 nitrogen and oxygen atoms in total. The Labute approximate surface area is 220 Å². The van der Waals surface area contributed by atoms with Crippen LogP contribution in [0.5, 0.6) is 0 Å². The van der Waals surface area contributed by atoms with Crippen molar-refractivity contribution in [3.63, 3.8) is 0 Å². The largest absolute Gasteiger partial charge is 0.369 e. The quantitative estimate of drug-likeness (QED) is 0.371. The van der Waals surface area contributed by atoms with Crippen LogP contribution in [0.4, 0.5) is 5.69 Å². The molecule has 1 aliphatic heterocycles. The van der Waals surface area contributed by atoms with Crippen molar-refractivity contribution in [2.75, 3.05) is 45.2 Å². The molecule has 0 bridgehead atoms. The molecule has 0 saturated carbocycles. The zero-order valence-corrected chi connectivity index (χ0v) is 23.0. The number of hydrogen-bond donors (Lipinski definition) is 0. The van der Waals surface area contributed by atoms with E-state index in [9.17, 15) is 8.42 Å². The van der Waals surface area contributed by atoms with Crippen LogP contribution in [-0.2, 0) is 17.1 Å². The third kappa shape index (κ3) is 4.89. The van der Waals surface area contributed by atoms with E-state index in [1.165, 1.54) is 9.99 Å². The van der Waals surface area contributed by atoms with Gasteiger partial charge >= 0.3 is 0 Å². The maximum Gasteiger partial charge on any atom is 0.242 e. The molecule has 0 radical (unpaired) electrons. The van der Waals surface area contributed by atoms with E-state index in [4.69, 9.17) is 4.98 Å². The number of hydrogen-bond acceptors (Lipinski definition) is 5. The number of aryl methyl sites for hydroxylation is 1. The minimum Gasteiger partial charge on any atom is -0.369 e. The fraction of sp³-hybridized carbons (Fsp3) is 0.345. The number of pyridine rings is 1. The summed E-state index contributed by atoms with van der Waals surface area (Å²) in [7, 11) is 1.58. The molecular weight excluding hydrogens is 482 g/mol. The van der Waals surface area contributed by atoms with Crippen molar-refractivity contribution in [2.45, 2.75) is 24.8 Å². The van der Waals surface area contributed by atoms with Gasteiger partial charge in [-0.3, -0.25) is 9.88 Å². The zero-order valence-electron chi connectivity index (χ0n) is 22.2. The smallest absolute Gasteiger partial charge is 0.242 e. The highest BCUT2D eigenvalue weighted by Gasteiger charge is 2.20. The van der Waals surface area contributed by atoms with Crippen LogP contribution in [0.3, 0.4) is 0 Å². The highest BCUT2D eigenvalue weighted by Crippen LogP contribution is 2.31. The lowest BCUT2D eigenvalue weighted by atomic mass is 10.1. The van der Waals surface area contributed by atoms with Crippen molar-refractivity contribution in [3.05, 3.63) is 66.9 Å². The molecule has 3 heterocycles. The van der Waals surface area contributed by atoms with Crippen molar-refractivity contribution < 1.29 is 8.42 Å². The van der Waals surface area contributed by atoms with Crippen LogP contribution in [0.2, 0.25) is 0 Å². The average Bonchev–Trinajstić information content (AvgIpc) is 3.24. The molecule has 1 aliphatic rings. The van der Waals surface area contributed by atoms with Gasteiger partial charge in [-0.05, 0) is 61.4 Å². The fourth-order valence-electron chi connectivity index (χ4n) is 5.02. The van der Waals surface area contributed by atoms with Crippen LogP contribution in [-0.4, -0.2) is 73.5 Å². The summed E-state index contributed by atoms with van der Waals surface area (Å²) < 4.78 is 28.6. The predicted octanol–water partition coefficient (Wildman–Crippen LogP) is 4.69. The normalized spacial score (nSPS) is 15.3. The van der Waals surface area contributed by atoms with Crippen LogP contribution in [0.1, 0.15) is 13.8 Å². The number of sulfonamides is 1. The van der Waals surface area contributed by atoms with Crippen molar-refractivity contribution in [1.82, 2.24) is 18.8 Å². The lowest BCUT2D eigenvalue weighted by molar-refractivity contribution is 0.209. The molecule has 194 valence electrons. The van der Waals surface area contributed by atoms with Crippen molar-refractivity contribution in [1.29, 1.82) is 0 Å². The summed E-state index contributed by atoms with van der Waals surface area (Å²) in [4.78, 5) is 10.00. The summed E-state index contributed by atoms with van der Waals surface area (Å²) in [6.07, 6.45) is 1.91. The Kier molecular flexibility index (Phi) is 6.83. The van der Waals surface area contributed by atoms with Gasteiger partial charge in [-0.15, -0.1) is 0 Å². The van der Waals surface area contributed by atoms with Crippen molar-refractivity contribution >= 4 is 26.7 Å². The third-order valence-electron chi connectivity index (χ3n) is 7.41. The number of aromatic nitrogens is 2. The van der Waals surface area contributed by atoms with E-state index in [0.717, 1.165) is 59.6 Å². The minimum atomic E-state index is -3.51. The third-order valence-corrected chi connectivity index (χ3v) is 9.22. The monoisotopic (exact) mass is 517 g/mol. The molecule has 0 N–H and O–H groups in total. The van der Waals surface area contributed by atoms with Gasteiger partial charge < -0.3 is 9.47 Å². The van der Waals surface area contributed by atoms with Gasteiger partial charge in [0.25, 0.3) is 0 Å². The number of nitrogens with zero attached hydrogens (tertiary/aromatic N) is 5. The average molecular weight is 518 g/mol. The molecule has 2 aromatic carbocycles. The van der Waals surface area contributed by atoms with Gasteiger partial charge in [-0.2, -0.15) is 0 Å². The molecule has 0 atom stereocenters. The first-order chi connectivity index (χ1) is 17.6. The molecule has 0 unspecified atom stereocenters. The molecule has 0 amide bonds. The van der Waals surface area contributed by atoms with Gasteiger partial charge in [0.1, 0.15) is 0 Å². The number of anilines is 1. The molecule has 4 aromatic rings. The van der Waals surface area contributed by atoms with E-state index in [-0.39, 0.29) is 4.90 Å². The molecule has 1 saturated heterocycles. The Morgan fingerprint density at radius 1 is 0.865 bits per heavy atom. The number of benzene rings is 2. The van der Waals surface area contributed by atoms with Crippen LogP contribution in [0.25, 0.3) is 33.4 Å². The molecule has 0 spiro atoms. The Morgan fingerprint density at radius 3 is 2.22 bits per heavy atom. The van der Waals surface area contributed by atoms with Gasteiger partial charge in [0, 0.05) is 70.8 Å². The molecule has 37 heavy (non-hydrogen) atoms. The first kappa shape index (κ1) is 25.4. The molecule has 1 fully saturated rings. The lowest BCUT2D eigenvalue weighted by Gasteiger charge is -2.38. The SMILES string of the molecule is CC(C)N1CCN(c2ccc(-c3cnc4cc(-c5cccc(S(=O)(=O)N(C)C)c5)n(C)c4c3)cc2)CC1. The second-order valence-corrected chi connectivity index (χ2v) is 12.3.